The number of aryl methyl sites for hydroxylation is 1. The molecule has 0 aliphatic carbocycles. The summed E-state index contributed by atoms with van der Waals surface area (Å²) in [5, 5.41) is 16.0. The fourth-order valence-corrected chi connectivity index (χ4v) is 5.62. The van der Waals surface area contributed by atoms with E-state index in [0.717, 1.165) is 16.7 Å². The summed E-state index contributed by atoms with van der Waals surface area (Å²) >= 11 is 0. The van der Waals surface area contributed by atoms with Crippen LogP contribution < -0.4 is 10.6 Å². The van der Waals surface area contributed by atoms with Crippen LogP contribution in [0.15, 0.2) is 42.5 Å². The Bertz CT molecular complexity index is 1130. The summed E-state index contributed by atoms with van der Waals surface area (Å²) in [7, 11) is 1.58. The van der Waals surface area contributed by atoms with E-state index < -0.39 is 23.4 Å². The van der Waals surface area contributed by atoms with Crippen LogP contribution >= 0.6 is 0 Å². The van der Waals surface area contributed by atoms with Crippen molar-refractivity contribution in [1.29, 1.82) is 0 Å². The number of fused-ring (bicyclic) bond motifs is 4. The number of ether oxygens (including phenoxy) is 1. The summed E-state index contributed by atoms with van der Waals surface area (Å²) in [6.45, 7) is 2.65. The number of carbonyl (C=O) groups is 3. The van der Waals surface area contributed by atoms with Gasteiger partial charge in [-0.3, -0.25) is 24.6 Å². The Kier molecular flexibility index (Phi) is 5.22. The minimum Gasteiger partial charge on any atom is -0.508 e. The molecule has 2 saturated heterocycles. The van der Waals surface area contributed by atoms with E-state index in [4.69, 9.17) is 4.74 Å². The topological polar surface area (TPSA) is 108 Å². The lowest BCUT2D eigenvalue weighted by Crippen LogP contribution is -2.53. The van der Waals surface area contributed by atoms with Crippen LogP contribution in [0, 0.1) is 18.8 Å². The van der Waals surface area contributed by atoms with E-state index in [1.165, 1.54) is 4.90 Å². The maximum absolute atomic E-state index is 13.6. The van der Waals surface area contributed by atoms with Crippen molar-refractivity contribution < 1.29 is 24.2 Å². The van der Waals surface area contributed by atoms with Gasteiger partial charge in [-0.15, -0.1) is 0 Å². The van der Waals surface area contributed by atoms with Gasteiger partial charge in [0.15, 0.2) is 0 Å². The van der Waals surface area contributed by atoms with E-state index >= 15 is 0 Å². The largest absolute Gasteiger partial charge is 0.508 e. The first-order valence-corrected chi connectivity index (χ1v) is 11.2. The Labute approximate surface area is 191 Å². The zero-order chi connectivity index (χ0) is 23.3. The molecule has 172 valence electrons. The number of imide groups is 1. The number of rotatable bonds is 6. The van der Waals surface area contributed by atoms with Crippen molar-refractivity contribution in [3.05, 3.63) is 59.2 Å². The average Bonchev–Trinajstić information content (AvgIpc) is 3.36. The molecule has 2 fully saturated rings. The molecule has 0 aromatic heterocycles. The summed E-state index contributed by atoms with van der Waals surface area (Å²) in [6, 6.07) is 12.0. The second kappa shape index (κ2) is 7.97. The van der Waals surface area contributed by atoms with Gasteiger partial charge in [-0.2, -0.15) is 0 Å². The molecule has 4 unspecified atom stereocenters. The maximum atomic E-state index is 13.6. The molecule has 8 nitrogen and oxygen atoms in total. The van der Waals surface area contributed by atoms with E-state index in [2.05, 4.69) is 10.6 Å². The van der Waals surface area contributed by atoms with Gasteiger partial charge in [0.25, 0.3) is 0 Å². The Morgan fingerprint density at radius 2 is 1.85 bits per heavy atom. The molecule has 2 aromatic carbocycles. The number of hydrogen-bond acceptors (Lipinski definition) is 6. The minimum atomic E-state index is -1.30. The predicted octanol–water partition coefficient (Wildman–Crippen LogP) is 1.70. The first-order valence-electron chi connectivity index (χ1n) is 11.2. The summed E-state index contributed by atoms with van der Waals surface area (Å²) in [5.74, 6) is -2.19. The van der Waals surface area contributed by atoms with Crippen LogP contribution in [-0.2, 0) is 31.1 Å². The lowest BCUT2D eigenvalue weighted by atomic mass is 9.76. The second-order valence-electron chi connectivity index (χ2n) is 9.11. The van der Waals surface area contributed by atoms with Crippen molar-refractivity contribution >= 4 is 23.4 Å². The van der Waals surface area contributed by atoms with Crippen molar-refractivity contribution in [3.8, 4) is 5.75 Å². The van der Waals surface area contributed by atoms with Crippen molar-refractivity contribution in [1.82, 2.24) is 10.2 Å². The van der Waals surface area contributed by atoms with Crippen LogP contribution in [0.25, 0.3) is 0 Å². The van der Waals surface area contributed by atoms with Gasteiger partial charge >= 0.3 is 0 Å². The second-order valence-corrected chi connectivity index (χ2v) is 9.11. The molecule has 1 spiro atoms. The van der Waals surface area contributed by atoms with Gasteiger partial charge in [0.05, 0.1) is 11.8 Å². The molecule has 4 atom stereocenters. The van der Waals surface area contributed by atoms with Crippen molar-refractivity contribution in [2.24, 2.45) is 11.8 Å². The van der Waals surface area contributed by atoms with Crippen molar-refractivity contribution in [3.63, 3.8) is 0 Å². The lowest BCUT2D eigenvalue weighted by Gasteiger charge is -2.29. The van der Waals surface area contributed by atoms with Gasteiger partial charge in [-0.05, 0) is 43.5 Å². The summed E-state index contributed by atoms with van der Waals surface area (Å²) in [6.07, 6.45) is 0.987. The number of methoxy groups -OCH3 is 1. The molecular formula is C25H27N3O5. The number of phenols is 1. The third-order valence-electron chi connectivity index (χ3n) is 7.08. The maximum Gasteiger partial charge on any atom is 0.250 e. The third-order valence-corrected chi connectivity index (χ3v) is 7.08. The quantitative estimate of drug-likeness (QED) is 0.458. The number of aromatic hydroxyl groups is 1. The Morgan fingerprint density at radius 3 is 2.58 bits per heavy atom. The number of amides is 3. The molecular weight excluding hydrogens is 422 g/mol. The minimum absolute atomic E-state index is 0.156. The molecule has 3 aliphatic rings. The Balaban J connectivity index is 1.58. The average molecular weight is 450 g/mol. The number of nitrogens with zero attached hydrogens (tertiary/aromatic N) is 1. The summed E-state index contributed by atoms with van der Waals surface area (Å²) < 4.78 is 5.10. The number of anilines is 1. The number of hydrogen-bond donors (Lipinski definition) is 3. The standard InChI is InChI=1S/C25H27N3O5/c1-14-4-9-18-17(12-14)25(24(32)26-18)21-20(22(30)28(23(21)31)10-3-11-33-2)19(27-25)13-15-5-7-16(29)8-6-15/h4-9,12,19-21,27,29H,3,10-11,13H2,1-2H3,(H,26,32). The lowest BCUT2D eigenvalue weighted by molar-refractivity contribution is -0.143. The van der Waals surface area contributed by atoms with Crippen molar-refractivity contribution in [2.45, 2.75) is 31.3 Å². The van der Waals surface area contributed by atoms with Gasteiger partial charge in [0, 0.05) is 37.6 Å². The molecule has 0 bridgehead atoms. The number of nitrogens with one attached hydrogen (secondary N) is 2. The zero-order valence-corrected chi connectivity index (χ0v) is 18.6. The Hall–Kier alpha value is -3.23. The van der Waals surface area contributed by atoms with Crippen LogP contribution in [0.3, 0.4) is 0 Å². The van der Waals surface area contributed by atoms with Crippen LogP contribution in [0.2, 0.25) is 0 Å². The fourth-order valence-electron chi connectivity index (χ4n) is 5.62. The summed E-state index contributed by atoms with van der Waals surface area (Å²) in [5.41, 5.74) is 1.97. The van der Waals surface area contributed by atoms with E-state index in [1.807, 2.05) is 25.1 Å². The highest BCUT2D eigenvalue weighted by Gasteiger charge is 2.70. The van der Waals surface area contributed by atoms with Crippen molar-refractivity contribution in [2.75, 3.05) is 25.6 Å². The van der Waals surface area contributed by atoms with Gasteiger partial charge < -0.3 is 15.2 Å². The Morgan fingerprint density at radius 1 is 1.09 bits per heavy atom. The SMILES string of the molecule is COCCCN1C(=O)C2C(Cc3ccc(O)cc3)NC3(C(=O)Nc4ccc(C)cc43)C2C1=O. The van der Waals surface area contributed by atoms with Gasteiger partial charge in [0.2, 0.25) is 17.7 Å². The highest BCUT2D eigenvalue weighted by atomic mass is 16.5. The highest BCUT2D eigenvalue weighted by molar-refractivity contribution is 6.15. The van der Waals surface area contributed by atoms with E-state index in [9.17, 15) is 19.5 Å². The molecule has 8 heteroatoms. The van der Waals surface area contributed by atoms with Crippen LogP contribution in [0.1, 0.15) is 23.1 Å². The summed E-state index contributed by atoms with van der Waals surface area (Å²) in [4.78, 5) is 41.9. The van der Waals surface area contributed by atoms with Crippen LogP contribution in [0.5, 0.6) is 5.75 Å². The highest BCUT2D eigenvalue weighted by Crippen LogP contribution is 2.53. The molecule has 3 aliphatic heterocycles. The fraction of sp³-hybridized carbons (Fsp3) is 0.400. The van der Waals surface area contributed by atoms with Crippen LogP contribution in [0.4, 0.5) is 5.69 Å². The molecule has 33 heavy (non-hydrogen) atoms. The van der Waals surface area contributed by atoms with Gasteiger partial charge in [0.1, 0.15) is 11.3 Å². The monoisotopic (exact) mass is 449 g/mol. The van der Waals surface area contributed by atoms with Gasteiger partial charge in [-0.1, -0.05) is 29.8 Å². The molecule has 0 radical (unpaired) electrons. The zero-order valence-electron chi connectivity index (χ0n) is 18.6. The molecule has 3 N–H and O–H groups in total. The molecule has 3 heterocycles. The van der Waals surface area contributed by atoms with Crippen LogP contribution in [-0.4, -0.2) is 54.0 Å². The normalized spacial score (nSPS) is 27.9. The van der Waals surface area contributed by atoms with E-state index in [1.54, 1.807) is 31.4 Å². The van der Waals surface area contributed by atoms with E-state index in [-0.39, 0.29) is 30.0 Å². The molecule has 3 amide bonds. The molecule has 5 rings (SSSR count). The number of benzene rings is 2. The number of carbonyl (C=O) groups excluding carboxylic acids is 3. The molecule has 0 saturated carbocycles. The van der Waals surface area contributed by atoms with E-state index in [0.29, 0.717) is 25.1 Å². The third kappa shape index (κ3) is 3.24. The van der Waals surface area contributed by atoms with Gasteiger partial charge in [-0.25, -0.2) is 0 Å². The first kappa shape index (κ1) is 21.6. The predicted molar refractivity (Wildman–Crippen MR) is 120 cm³/mol. The number of likely N-dealkylation sites (tertiary alicyclic amines) is 1. The number of phenolic OH excluding ortho intramolecular Hbond substituents is 1. The smallest absolute Gasteiger partial charge is 0.250 e. The molecule has 2 aromatic rings. The first-order chi connectivity index (χ1) is 15.9.